The summed E-state index contributed by atoms with van der Waals surface area (Å²) in [6.07, 6.45) is 0.989. The zero-order chi connectivity index (χ0) is 15.1. The van der Waals surface area contributed by atoms with Gasteiger partial charge in [0.25, 0.3) is 0 Å². The van der Waals surface area contributed by atoms with Gasteiger partial charge in [-0.3, -0.25) is 4.90 Å². The van der Waals surface area contributed by atoms with Gasteiger partial charge in [0.05, 0.1) is 6.04 Å². The Morgan fingerprint density at radius 3 is 2.45 bits per heavy atom. The Balaban J connectivity index is 1.64. The average molecular weight is 300 g/mol. The van der Waals surface area contributed by atoms with Crippen LogP contribution in [0.2, 0.25) is 0 Å². The lowest BCUT2D eigenvalue weighted by Crippen LogP contribution is -2.51. The second-order valence-corrected chi connectivity index (χ2v) is 6.07. The maximum absolute atomic E-state index is 13.6. The van der Waals surface area contributed by atoms with Crippen molar-refractivity contribution in [2.45, 2.75) is 12.5 Å². The lowest BCUT2D eigenvalue weighted by Gasteiger charge is -2.45. The van der Waals surface area contributed by atoms with Crippen molar-refractivity contribution in [2.24, 2.45) is 0 Å². The molecule has 1 atom stereocenters. The number of hydrogen-bond donors (Lipinski definition) is 0. The van der Waals surface area contributed by atoms with Gasteiger partial charge in [0.15, 0.2) is 0 Å². The Bertz CT molecular complexity index is 684. The number of anilines is 1. The summed E-state index contributed by atoms with van der Waals surface area (Å²) >= 11 is 0. The summed E-state index contributed by atoms with van der Waals surface area (Å²) in [7, 11) is 0. The van der Waals surface area contributed by atoms with Gasteiger partial charge in [-0.2, -0.15) is 0 Å². The third kappa shape index (κ3) is 2.37. The van der Waals surface area contributed by atoms with E-state index in [4.69, 9.17) is 0 Å². The first-order chi connectivity index (χ1) is 10.7. The Morgan fingerprint density at radius 1 is 0.864 bits per heavy atom. The van der Waals surface area contributed by atoms with Gasteiger partial charge < -0.3 is 4.90 Å². The molecule has 1 fully saturated rings. The van der Waals surface area contributed by atoms with Gasteiger partial charge in [0.2, 0.25) is 0 Å². The summed E-state index contributed by atoms with van der Waals surface area (Å²) in [6.45, 7) is 3.73. The van der Waals surface area contributed by atoms with E-state index in [0.717, 1.165) is 43.9 Å². The summed E-state index contributed by atoms with van der Waals surface area (Å²) in [5, 5.41) is 0. The molecule has 0 aliphatic carbocycles. The van der Waals surface area contributed by atoms with Gasteiger partial charge in [-0.1, -0.05) is 6.07 Å². The Morgan fingerprint density at radius 2 is 1.64 bits per heavy atom. The summed E-state index contributed by atoms with van der Waals surface area (Å²) in [4.78, 5) is 4.70. The maximum atomic E-state index is 13.6. The predicted octanol–water partition coefficient (Wildman–Crippen LogP) is 3.38. The minimum Gasteiger partial charge on any atom is -0.368 e. The van der Waals surface area contributed by atoms with Crippen LogP contribution in [0.1, 0.15) is 17.2 Å². The second-order valence-electron chi connectivity index (χ2n) is 6.07. The average Bonchev–Trinajstić information content (AvgIpc) is 2.55. The zero-order valence-electron chi connectivity index (χ0n) is 12.3. The fourth-order valence-corrected chi connectivity index (χ4v) is 3.64. The zero-order valence-corrected chi connectivity index (χ0v) is 12.3. The van der Waals surface area contributed by atoms with E-state index in [1.165, 1.54) is 17.7 Å². The normalized spacial score (nSPS) is 21.4. The van der Waals surface area contributed by atoms with Crippen LogP contribution in [0.5, 0.6) is 0 Å². The smallest absolute Gasteiger partial charge is 0.123 e. The summed E-state index contributed by atoms with van der Waals surface area (Å²) < 4.78 is 26.7. The van der Waals surface area contributed by atoms with Crippen LogP contribution < -0.4 is 4.90 Å². The minimum atomic E-state index is -0.215. The third-order valence-electron chi connectivity index (χ3n) is 4.82. The molecule has 22 heavy (non-hydrogen) atoms. The number of piperazine rings is 1. The maximum Gasteiger partial charge on any atom is 0.123 e. The molecule has 2 aliphatic heterocycles. The van der Waals surface area contributed by atoms with E-state index >= 15 is 0 Å². The molecule has 0 saturated carbocycles. The molecule has 114 valence electrons. The van der Waals surface area contributed by atoms with E-state index in [9.17, 15) is 8.78 Å². The van der Waals surface area contributed by atoms with Crippen molar-refractivity contribution in [1.82, 2.24) is 4.90 Å². The van der Waals surface area contributed by atoms with Gasteiger partial charge in [-0.25, -0.2) is 8.78 Å². The van der Waals surface area contributed by atoms with E-state index in [-0.39, 0.29) is 17.7 Å². The van der Waals surface area contributed by atoms with Crippen molar-refractivity contribution >= 4 is 5.69 Å². The largest absolute Gasteiger partial charge is 0.368 e. The molecule has 4 heteroatoms. The van der Waals surface area contributed by atoms with Crippen molar-refractivity contribution < 1.29 is 8.78 Å². The lowest BCUT2D eigenvalue weighted by atomic mass is 9.90. The van der Waals surface area contributed by atoms with Gasteiger partial charge in [-0.15, -0.1) is 0 Å². The fourth-order valence-electron chi connectivity index (χ4n) is 3.64. The number of hydrogen-bond acceptors (Lipinski definition) is 2. The summed E-state index contributed by atoms with van der Waals surface area (Å²) in [5.41, 5.74) is 3.39. The Hall–Kier alpha value is -1.94. The first-order valence-corrected chi connectivity index (χ1v) is 7.73. The van der Waals surface area contributed by atoms with Gasteiger partial charge in [-0.05, 0) is 53.9 Å². The van der Waals surface area contributed by atoms with Crippen LogP contribution in [-0.2, 0) is 6.42 Å². The molecule has 2 heterocycles. The quantitative estimate of drug-likeness (QED) is 0.796. The van der Waals surface area contributed by atoms with Gasteiger partial charge in [0.1, 0.15) is 11.6 Å². The summed E-state index contributed by atoms with van der Waals surface area (Å²) in [5.74, 6) is -0.382. The van der Waals surface area contributed by atoms with Crippen molar-refractivity contribution in [1.29, 1.82) is 0 Å². The molecular weight excluding hydrogens is 282 g/mol. The highest BCUT2D eigenvalue weighted by molar-refractivity contribution is 5.48. The number of halogens is 2. The van der Waals surface area contributed by atoms with Crippen LogP contribution in [0.15, 0.2) is 42.5 Å². The predicted molar refractivity (Wildman–Crippen MR) is 83.0 cm³/mol. The van der Waals surface area contributed by atoms with Crippen LogP contribution >= 0.6 is 0 Å². The summed E-state index contributed by atoms with van der Waals surface area (Å²) in [6, 6.07) is 12.0. The van der Waals surface area contributed by atoms with E-state index in [1.54, 1.807) is 12.1 Å². The molecule has 2 aromatic rings. The molecule has 2 nitrogen and oxygen atoms in total. The molecule has 1 unspecified atom stereocenters. The molecule has 0 N–H and O–H groups in total. The lowest BCUT2D eigenvalue weighted by molar-refractivity contribution is 0.166. The molecule has 4 rings (SSSR count). The SMILES string of the molecule is Fc1ccc(N2CCN3CCc4ccc(F)cc4C3C2)cc1. The number of nitrogens with zero attached hydrogens (tertiary/aromatic N) is 2. The van der Waals surface area contributed by atoms with Gasteiger partial charge in [0, 0.05) is 31.9 Å². The van der Waals surface area contributed by atoms with E-state index in [0.29, 0.717) is 0 Å². The molecule has 0 bridgehead atoms. The number of fused-ring (bicyclic) bond motifs is 3. The molecular formula is C18H18F2N2. The standard InChI is InChI=1S/C18H18F2N2/c19-14-3-5-16(6-4-14)22-10-9-21-8-7-13-1-2-15(20)11-17(13)18(21)12-22/h1-6,11,18H,7-10,12H2. The highest BCUT2D eigenvalue weighted by atomic mass is 19.1. The molecule has 0 amide bonds. The highest BCUT2D eigenvalue weighted by Crippen LogP contribution is 2.34. The highest BCUT2D eigenvalue weighted by Gasteiger charge is 2.32. The molecule has 2 aliphatic rings. The molecule has 1 saturated heterocycles. The fraction of sp³-hybridized carbons (Fsp3) is 0.333. The number of benzene rings is 2. The monoisotopic (exact) mass is 300 g/mol. The van der Waals surface area contributed by atoms with Crippen molar-refractivity contribution in [3.8, 4) is 0 Å². The Labute approximate surface area is 129 Å². The first kappa shape index (κ1) is 13.7. The van der Waals surface area contributed by atoms with Crippen LogP contribution in [0.25, 0.3) is 0 Å². The molecule has 0 aromatic heterocycles. The van der Waals surface area contributed by atoms with Crippen molar-refractivity contribution in [3.63, 3.8) is 0 Å². The molecule has 2 aromatic carbocycles. The van der Waals surface area contributed by atoms with Crippen LogP contribution in [0.3, 0.4) is 0 Å². The van der Waals surface area contributed by atoms with Crippen molar-refractivity contribution in [3.05, 3.63) is 65.2 Å². The van der Waals surface area contributed by atoms with E-state index < -0.39 is 0 Å². The van der Waals surface area contributed by atoms with E-state index in [1.807, 2.05) is 18.2 Å². The number of rotatable bonds is 1. The second kappa shape index (κ2) is 5.36. The van der Waals surface area contributed by atoms with Crippen molar-refractivity contribution in [2.75, 3.05) is 31.1 Å². The van der Waals surface area contributed by atoms with Gasteiger partial charge >= 0.3 is 0 Å². The van der Waals surface area contributed by atoms with Crippen LogP contribution in [-0.4, -0.2) is 31.1 Å². The molecule has 0 spiro atoms. The molecule has 0 radical (unpaired) electrons. The van der Waals surface area contributed by atoms with Crippen LogP contribution in [0.4, 0.5) is 14.5 Å². The minimum absolute atomic E-state index is 0.167. The van der Waals surface area contributed by atoms with E-state index in [2.05, 4.69) is 9.80 Å². The Kier molecular flexibility index (Phi) is 3.34. The van der Waals surface area contributed by atoms with Crippen LogP contribution in [0, 0.1) is 11.6 Å². The topological polar surface area (TPSA) is 6.48 Å². The first-order valence-electron chi connectivity index (χ1n) is 7.73. The third-order valence-corrected chi connectivity index (χ3v) is 4.82.